The highest BCUT2D eigenvalue weighted by atomic mass is 16.5. The third-order valence-corrected chi connectivity index (χ3v) is 5.22. The third kappa shape index (κ3) is 23.1. The Kier molecular flexibility index (Phi) is 18.4. The number of allylic oxidation sites excluding steroid dienone is 1. The molecular weight excluding hydrogens is 394 g/mol. The second-order valence-electron chi connectivity index (χ2n) is 9.64. The Labute approximate surface area is 190 Å². The molecule has 0 aliphatic heterocycles. The first kappa shape index (κ1) is 29.6. The first-order chi connectivity index (χ1) is 14.7. The van der Waals surface area contributed by atoms with Crippen molar-refractivity contribution in [3.05, 3.63) is 12.2 Å². The molecule has 0 aliphatic carbocycles. The molecule has 0 aromatic heterocycles. The lowest BCUT2D eigenvalue weighted by molar-refractivity contribution is -0.873. The normalized spacial score (nSPS) is 12.9. The Morgan fingerprint density at radius 3 is 1.68 bits per heavy atom. The van der Waals surface area contributed by atoms with E-state index in [1.165, 1.54) is 70.3 Å². The second kappa shape index (κ2) is 19.3. The maximum atomic E-state index is 11.9. The van der Waals surface area contributed by atoms with Gasteiger partial charge in [0.1, 0.15) is 6.54 Å². The number of nitrogens with zero attached hydrogens (tertiary/aromatic N) is 1. The van der Waals surface area contributed by atoms with E-state index in [1.807, 2.05) is 27.2 Å². The van der Waals surface area contributed by atoms with Crippen LogP contribution in [0.2, 0.25) is 0 Å². The Morgan fingerprint density at radius 1 is 0.806 bits per heavy atom. The predicted octanol–water partition coefficient (Wildman–Crippen LogP) is 5.09. The molecular formula is C25H48NO5+. The summed E-state index contributed by atoms with van der Waals surface area (Å²) >= 11 is 0. The van der Waals surface area contributed by atoms with E-state index in [0.717, 1.165) is 25.7 Å². The zero-order valence-electron chi connectivity index (χ0n) is 20.3. The number of ether oxygens (including phenoxy) is 1. The lowest BCUT2D eigenvalue weighted by Gasteiger charge is -2.28. The monoisotopic (exact) mass is 442 g/mol. The molecule has 0 amide bonds. The summed E-state index contributed by atoms with van der Waals surface area (Å²) in [7, 11) is 5.84. The molecule has 0 heterocycles. The molecule has 31 heavy (non-hydrogen) atoms. The van der Waals surface area contributed by atoms with Crippen LogP contribution in [0.5, 0.6) is 0 Å². The number of carboxylic acid groups (broad SMARTS) is 1. The summed E-state index contributed by atoms with van der Waals surface area (Å²) < 4.78 is 5.87. The average Bonchev–Trinajstić information content (AvgIpc) is 2.65. The van der Waals surface area contributed by atoms with Gasteiger partial charge in [0.05, 0.1) is 27.6 Å². The van der Waals surface area contributed by atoms with Gasteiger partial charge in [-0.15, -0.1) is 0 Å². The van der Waals surface area contributed by atoms with Crippen LogP contribution in [0, 0.1) is 0 Å². The van der Waals surface area contributed by atoms with Gasteiger partial charge in [0.15, 0.2) is 6.10 Å². The van der Waals surface area contributed by atoms with E-state index in [-0.39, 0.29) is 6.42 Å². The highest BCUT2D eigenvalue weighted by Gasteiger charge is 2.23. The van der Waals surface area contributed by atoms with E-state index in [1.54, 1.807) is 0 Å². The predicted molar refractivity (Wildman–Crippen MR) is 126 cm³/mol. The van der Waals surface area contributed by atoms with Crippen molar-refractivity contribution < 1.29 is 29.0 Å². The quantitative estimate of drug-likeness (QED) is 0.112. The topological polar surface area (TPSA) is 83.8 Å². The van der Waals surface area contributed by atoms with Crippen LogP contribution >= 0.6 is 0 Å². The molecule has 0 rings (SSSR count). The van der Waals surface area contributed by atoms with Gasteiger partial charge in [-0.1, -0.05) is 76.7 Å². The number of unbranched alkanes of at least 4 members (excludes halogenated alkanes) is 13. The van der Waals surface area contributed by atoms with Crippen LogP contribution in [0.4, 0.5) is 0 Å². The number of hydrogen-bond acceptors (Lipinski definition) is 4. The van der Waals surface area contributed by atoms with Crippen LogP contribution in [0.1, 0.15) is 96.3 Å². The number of aliphatic hydroxyl groups is 1. The number of rotatable bonds is 21. The highest BCUT2D eigenvalue weighted by Crippen LogP contribution is 2.13. The zero-order valence-corrected chi connectivity index (χ0v) is 20.3. The number of quaternary nitrogens is 1. The van der Waals surface area contributed by atoms with Crippen molar-refractivity contribution in [2.75, 3.05) is 34.3 Å². The van der Waals surface area contributed by atoms with Crippen molar-refractivity contribution in [3.63, 3.8) is 0 Å². The molecule has 0 radical (unpaired) electrons. The minimum Gasteiger partial charge on any atom is -0.481 e. The number of aliphatic carboxylic acids is 1. The minimum absolute atomic E-state index is 0.167. The fourth-order valence-corrected chi connectivity index (χ4v) is 3.65. The number of aliphatic hydroxyl groups excluding tert-OH is 1. The van der Waals surface area contributed by atoms with Gasteiger partial charge in [0.25, 0.3) is 0 Å². The summed E-state index contributed by atoms with van der Waals surface area (Å²) in [5.41, 5.74) is 0. The van der Waals surface area contributed by atoms with Gasteiger partial charge < -0.3 is 19.4 Å². The molecule has 0 unspecified atom stereocenters. The number of carboxylic acids is 1. The molecule has 6 heteroatoms. The van der Waals surface area contributed by atoms with Crippen LogP contribution in [0.15, 0.2) is 12.2 Å². The number of carbonyl (C=O) groups excluding carboxylic acids is 1. The summed E-state index contributed by atoms with van der Waals surface area (Å²) in [6.07, 6.45) is 19.4. The largest absolute Gasteiger partial charge is 0.481 e. The Balaban J connectivity index is 3.64. The van der Waals surface area contributed by atoms with Crippen molar-refractivity contribution >= 4 is 11.9 Å². The zero-order chi connectivity index (χ0) is 23.4. The molecule has 0 aromatic rings. The molecule has 0 bridgehead atoms. The Hall–Kier alpha value is -1.40. The Bertz CT molecular complexity index is 485. The molecule has 0 saturated carbocycles. The van der Waals surface area contributed by atoms with Gasteiger partial charge in [0.2, 0.25) is 0 Å². The smallest absolute Gasteiger partial charge is 0.330 e. The highest BCUT2D eigenvalue weighted by molar-refractivity contribution is 5.82. The average molecular weight is 443 g/mol. The molecule has 0 saturated heterocycles. The van der Waals surface area contributed by atoms with E-state index < -0.39 is 18.0 Å². The van der Waals surface area contributed by atoms with Gasteiger partial charge in [-0.2, -0.15) is 0 Å². The number of carbonyl (C=O) groups is 2. The van der Waals surface area contributed by atoms with Crippen LogP contribution in [-0.2, 0) is 14.3 Å². The van der Waals surface area contributed by atoms with Crippen molar-refractivity contribution in [1.29, 1.82) is 0 Å². The van der Waals surface area contributed by atoms with E-state index in [4.69, 9.17) is 14.9 Å². The maximum absolute atomic E-state index is 11.9. The van der Waals surface area contributed by atoms with Gasteiger partial charge in [-0.3, -0.25) is 4.79 Å². The first-order valence-electron chi connectivity index (χ1n) is 12.2. The van der Waals surface area contributed by atoms with Crippen molar-refractivity contribution in [3.8, 4) is 0 Å². The van der Waals surface area contributed by atoms with E-state index in [2.05, 4.69) is 0 Å². The number of likely N-dealkylation sites (N-methyl/N-ethyl adjacent to an activating group) is 1. The Morgan fingerprint density at radius 2 is 1.26 bits per heavy atom. The van der Waals surface area contributed by atoms with Gasteiger partial charge in [0, 0.05) is 12.7 Å². The summed E-state index contributed by atoms with van der Waals surface area (Å²) in [6.45, 7) is 0.797. The van der Waals surface area contributed by atoms with Gasteiger partial charge in [-0.25, -0.2) is 4.79 Å². The molecule has 0 aliphatic rings. The summed E-state index contributed by atoms with van der Waals surface area (Å²) in [6, 6.07) is 0. The van der Waals surface area contributed by atoms with Crippen LogP contribution in [0.25, 0.3) is 0 Å². The van der Waals surface area contributed by atoms with Crippen LogP contribution < -0.4 is 0 Å². The summed E-state index contributed by atoms with van der Waals surface area (Å²) in [5, 5.41) is 17.7. The third-order valence-electron chi connectivity index (χ3n) is 5.22. The summed E-state index contributed by atoms with van der Waals surface area (Å²) in [5.74, 6) is -1.41. The SMILES string of the molecule is C[N+](C)(C)C[C@@H](CC(=O)O)OC(=O)C=CCCCCCCCCCCCCCCCO. The van der Waals surface area contributed by atoms with Gasteiger partial charge >= 0.3 is 11.9 Å². The van der Waals surface area contributed by atoms with Crippen molar-refractivity contribution in [2.24, 2.45) is 0 Å². The standard InChI is InChI=1S/C25H47NO5/c1-26(2,3)22-23(21-24(28)29)31-25(30)19-17-15-13-11-9-7-5-4-6-8-10-12-14-16-18-20-27/h17,19,23,27H,4-16,18,20-22H2,1-3H3/p+1/t23-/m1/s1. The molecule has 1 atom stereocenters. The molecule has 0 fully saturated rings. The van der Waals surface area contributed by atoms with Crippen LogP contribution in [0.3, 0.4) is 0 Å². The minimum atomic E-state index is -0.954. The van der Waals surface area contributed by atoms with E-state index in [9.17, 15) is 9.59 Å². The number of hydrogen-bond donors (Lipinski definition) is 2. The molecule has 0 aromatic carbocycles. The molecule has 2 N–H and O–H groups in total. The van der Waals surface area contributed by atoms with Gasteiger partial charge in [-0.05, 0) is 19.3 Å². The lowest BCUT2D eigenvalue weighted by atomic mass is 10.0. The second-order valence-corrected chi connectivity index (χ2v) is 9.64. The maximum Gasteiger partial charge on any atom is 0.330 e. The molecule has 6 nitrogen and oxygen atoms in total. The van der Waals surface area contributed by atoms with Crippen LogP contribution in [-0.4, -0.2) is 67.0 Å². The fourth-order valence-electron chi connectivity index (χ4n) is 3.65. The van der Waals surface area contributed by atoms with Crippen molar-refractivity contribution in [1.82, 2.24) is 0 Å². The summed E-state index contributed by atoms with van der Waals surface area (Å²) in [4.78, 5) is 22.9. The molecule has 0 spiro atoms. The first-order valence-corrected chi connectivity index (χ1v) is 12.2. The van der Waals surface area contributed by atoms with Crippen molar-refractivity contribution in [2.45, 2.75) is 102 Å². The van der Waals surface area contributed by atoms with E-state index in [0.29, 0.717) is 17.6 Å². The fraction of sp³-hybridized carbons (Fsp3) is 0.840. The van der Waals surface area contributed by atoms with E-state index >= 15 is 0 Å². The number of esters is 1. The lowest BCUT2D eigenvalue weighted by Crippen LogP contribution is -2.43. The molecule has 182 valence electrons.